The van der Waals surface area contributed by atoms with Gasteiger partial charge in [0, 0.05) is 31.7 Å². The third-order valence-corrected chi connectivity index (χ3v) is 5.06. The molecule has 1 aliphatic heterocycles. The lowest BCUT2D eigenvalue weighted by Crippen LogP contribution is -2.53. The van der Waals surface area contributed by atoms with Gasteiger partial charge in [-0.15, -0.1) is 0 Å². The minimum atomic E-state index is 0.393. The van der Waals surface area contributed by atoms with Gasteiger partial charge >= 0.3 is 0 Å². The van der Waals surface area contributed by atoms with Crippen LogP contribution in [0.2, 0.25) is 0 Å². The monoisotopic (exact) mass is 280 g/mol. The van der Waals surface area contributed by atoms with Gasteiger partial charge in [-0.2, -0.15) is 0 Å². The topological polar surface area (TPSA) is 15.3 Å². The van der Waals surface area contributed by atoms with Gasteiger partial charge in [0.15, 0.2) is 0 Å². The molecule has 0 spiro atoms. The summed E-state index contributed by atoms with van der Waals surface area (Å²) in [6.07, 6.45) is 7.06. The Kier molecular flexibility index (Phi) is 5.53. The van der Waals surface area contributed by atoms with Crippen LogP contribution >= 0.6 is 0 Å². The van der Waals surface area contributed by atoms with Crippen LogP contribution in [0.3, 0.4) is 0 Å². The van der Waals surface area contributed by atoms with Crippen LogP contribution in [0.5, 0.6) is 0 Å². The molecule has 2 fully saturated rings. The first-order valence-corrected chi connectivity index (χ1v) is 8.86. The van der Waals surface area contributed by atoms with Crippen LogP contribution < -0.4 is 5.32 Å². The fourth-order valence-corrected chi connectivity index (χ4v) is 3.67. The lowest BCUT2D eigenvalue weighted by molar-refractivity contribution is 0.0873. The van der Waals surface area contributed by atoms with Crippen molar-refractivity contribution in [2.24, 2.45) is 17.3 Å². The minimum absolute atomic E-state index is 0.393. The highest BCUT2D eigenvalue weighted by atomic mass is 15.2. The van der Waals surface area contributed by atoms with Gasteiger partial charge in [0.1, 0.15) is 0 Å². The first kappa shape index (κ1) is 16.3. The van der Waals surface area contributed by atoms with E-state index in [0.29, 0.717) is 11.5 Å². The predicted molar refractivity (Wildman–Crippen MR) is 88.0 cm³/mol. The van der Waals surface area contributed by atoms with Crippen molar-refractivity contribution in [3.63, 3.8) is 0 Å². The smallest absolute Gasteiger partial charge is 0.0198 e. The Morgan fingerprint density at radius 3 is 2.45 bits per heavy atom. The van der Waals surface area contributed by atoms with Gasteiger partial charge in [-0.25, -0.2) is 0 Å². The average molecular weight is 281 g/mol. The summed E-state index contributed by atoms with van der Waals surface area (Å²) in [5, 5.41) is 3.85. The second-order valence-corrected chi connectivity index (χ2v) is 8.56. The summed E-state index contributed by atoms with van der Waals surface area (Å²) in [5.74, 6) is 1.91. The first-order chi connectivity index (χ1) is 9.39. The fraction of sp³-hybridized carbons (Fsp3) is 1.00. The maximum absolute atomic E-state index is 3.85. The molecule has 1 saturated carbocycles. The van der Waals surface area contributed by atoms with Crippen molar-refractivity contribution in [2.75, 3.05) is 19.6 Å². The third kappa shape index (κ3) is 5.04. The molecule has 2 nitrogen and oxygen atoms in total. The predicted octanol–water partition coefficient (Wildman–Crippen LogP) is 3.91. The van der Waals surface area contributed by atoms with Gasteiger partial charge in [0.25, 0.3) is 0 Å². The second kappa shape index (κ2) is 6.79. The molecule has 2 rings (SSSR count). The summed E-state index contributed by atoms with van der Waals surface area (Å²) in [6, 6.07) is 1.52. The molecule has 2 heteroatoms. The summed E-state index contributed by atoms with van der Waals surface area (Å²) in [7, 11) is 0. The number of nitrogens with zero attached hydrogens (tertiary/aromatic N) is 1. The molecule has 118 valence electrons. The Hall–Kier alpha value is -0.0800. The zero-order valence-corrected chi connectivity index (χ0v) is 14.4. The molecule has 1 saturated heterocycles. The highest BCUT2D eigenvalue weighted by Gasteiger charge is 2.36. The molecule has 1 N–H and O–H groups in total. The van der Waals surface area contributed by atoms with Gasteiger partial charge in [-0.05, 0) is 49.9 Å². The fourth-order valence-electron chi connectivity index (χ4n) is 3.67. The van der Waals surface area contributed by atoms with Gasteiger partial charge in [-0.1, -0.05) is 34.1 Å². The lowest BCUT2D eigenvalue weighted by atomic mass is 9.88. The molecule has 0 bridgehead atoms. The molecular formula is C18H36N2. The van der Waals surface area contributed by atoms with Crippen LogP contribution in [0.25, 0.3) is 0 Å². The molecule has 0 radical (unpaired) electrons. The number of rotatable bonds is 6. The summed E-state index contributed by atoms with van der Waals surface area (Å²) < 4.78 is 0. The first-order valence-electron chi connectivity index (χ1n) is 8.86. The van der Waals surface area contributed by atoms with E-state index in [2.05, 4.69) is 44.8 Å². The van der Waals surface area contributed by atoms with E-state index in [-0.39, 0.29) is 0 Å². The number of hydrogen-bond acceptors (Lipinski definition) is 2. The largest absolute Gasteiger partial charge is 0.312 e. The summed E-state index contributed by atoms with van der Waals surface area (Å²) in [4.78, 5) is 2.79. The Bertz CT molecular complexity index is 290. The maximum Gasteiger partial charge on any atom is 0.0198 e. The molecule has 0 aromatic carbocycles. The zero-order valence-electron chi connectivity index (χ0n) is 14.4. The molecule has 2 aliphatic rings. The SMILES string of the molecule is CCCC1CC(NCC(C)(C)C)CN(C(C)C2CC2)C1. The van der Waals surface area contributed by atoms with E-state index in [9.17, 15) is 0 Å². The van der Waals surface area contributed by atoms with Gasteiger partial charge in [0.2, 0.25) is 0 Å². The Balaban J connectivity index is 1.89. The standard InChI is InChI=1S/C18H36N2/c1-6-7-15-10-17(19-13-18(3,4)5)12-20(11-15)14(2)16-8-9-16/h14-17,19H,6-13H2,1-5H3. The Morgan fingerprint density at radius 2 is 1.90 bits per heavy atom. The van der Waals surface area contributed by atoms with Crippen LogP contribution in [0.15, 0.2) is 0 Å². The van der Waals surface area contributed by atoms with E-state index >= 15 is 0 Å². The van der Waals surface area contributed by atoms with E-state index < -0.39 is 0 Å². The van der Waals surface area contributed by atoms with E-state index in [1.54, 1.807) is 0 Å². The van der Waals surface area contributed by atoms with Gasteiger partial charge in [0.05, 0.1) is 0 Å². The summed E-state index contributed by atoms with van der Waals surface area (Å²) in [6.45, 7) is 15.5. The molecule has 1 heterocycles. The van der Waals surface area contributed by atoms with Gasteiger partial charge < -0.3 is 5.32 Å². The zero-order chi connectivity index (χ0) is 14.8. The van der Waals surface area contributed by atoms with Crippen molar-refractivity contribution < 1.29 is 0 Å². The Morgan fingerprint density at radius 1 is 1.20 bits per heavy atom. The van der Waals surface area contributed by atoms with Crippen LogP contribution in [0.1, 0.15) is 66.7 Å². The van der Waals surface area contributed by atoms with E-state index in [0.717, 1.165) is 24.4 Å². The number of nitrogens with one attached hydrogen (secondary N) is 1. The molecular weight excluding hydrogens is 244 g/mol. The number of likely N-dealkylation sites (tertiary alicyclic amines) is 1. The van der Waals surface area contributed by atoms with Crippen molar-refractivity contribution >= 4 is 0 Å². The molecule has 0 amide bonds. The van der Waals surface area contributed by atoms with Crippen LogP contribution in [-0.4, -0.2) is 36.6 Å². The van der Waals surface area contributed by atoms with Crippen LogP contribution in [0.4, 0.5) is 0 Å². The number of piperidine rings is 1. The van der Waals surface area contributed by atoms with Crippen molar-refractivity contribution in [1.29, 1.82) is 0 Å². The van der Waals surface area contributed by atoms with Crippen molar-refractivity contribution in [2.45, 2.75) is 78.8 Å². The molecule has 3 unspecified atom stereocenters. The summed E-state index contributed by atoms with van der Waals surface area (Å²) in [5.41, 5.74) is 0.393. The molecule has 0 aromatic rings. The van der Waals surface area contributed by atoms with Crippen LogP contribution in [0, 0.1) is 17.3 Å². The molecule has 1 aliphatic carbocycles. The van der Waals surface area contributed by atoms with E-state index in [1.165, 1.54) is 45.2 Å². The Labute approximate surface area is 126 Å². The molecule has 20 heavy (non-hydrogen) atoms. The van der Waals surface area contributed by atoms with E-state index in [1.807, 2.05) is 0 Å². The average Bonchev–Trinajstić information content (AvgIpc) is 3.19. The summed E-state index contributed by atoms with van der Waals surface area (Å²) >= 11 is 0. The lowest BCUT2D eigenvalue weighted by Gasteiger charge is -2.42. The van der Waals surface area contributed by atoms with Crippen LogP contribution in [-0.2, 0) is 0 Å². The highest BCUT2D eigenvalue weighted by molar-refractivity contribution is 4.91. The van der Waals surface area contributed by atoms with Crippen molar-refractivity contribution in [1.82, 2.24) is 10.2 Å². The quantitative estimate of drug-likeness (QED) is 0.793. The normalized spacial score (nSPS) is 30.4. The number of hydrogen-bond donors (Lipinski definition) is 1. The van der Waals surface area contributed by atoms with Crippen molar-refractivity contribution in [3.8, 4) is 0 Å². The second-order valence-electron chi connectivity index (χ2n) is 8.56. The molecule has 3 atom stereocenters. The van der Waals surface area contributed by atoms with Gasteiger partial charge in [-0.3, -0.25) is 4.90 Å². The maximum atomic E-state index is 3.85. The third-order valence-electron chi connectivity index (χ3n) is 5.06. The highest BCUT2D eigenvalue weighted by Crippen LogP contribution is 2.37. The van der Waals surface area contributed by atoms with E-state index in [4.69, 9.17) is 0 Å². The molecule has 0 aromatic heterocycles. The minimum Gasteiger partial charge on any atom is -0.312 e. The van der Waals surface area contributed by atoms with Crippen molar-refractivity contribution in [3.05, 3.63) is 0 Å².